The van der Waals surface area contributed by atoms with E-state index in [1.807, 2.05) is 0 Å². The molecule has 0 aromatic carbocycles. The van der Waals surface area contributed by atoms with Gasteiger partial charge in [-0.25, -0.2) is 4.79 Å². The van der Waals surface area contributed by atoms with Crippen LogP contribution in [0, 0.1) is 0 Å². The molecule has 0 aromatic rings. The molecule has 0 saturated carbocycles. The molecule has 0 aromatic heterocycles. The van der Waals surface area contributed by atoms with Gasteiger partial charge in [0, 0.05) is 7.11 Å². The SMILES string of the molecule is CC[C@H](OC)[C@H](O)C(=O)O. The van der Waals surface area contributed by atoms with E-state index in [2.05, 4.69) is 0 Å². The first kappa shape index (κ1) is 9.39. The Morgan fingerprint density at radius 1 is 1.70 bits per heavy atom. The predicted molar refractivity (Wildman–Crippen MR) is 34.7 cm³/mol. The van der Waals surface area contributed by atoms with Gasteiger partial charge in [-0.2, -0.15) is 0 Å². The molecule has 0 heterocycles. The second kappa shape index (κ2) is 4.24. The van der Waals surface area contributed by atoms with Gasteiger partial charge in [0.1, 0.15) is 0 Å². The number of hydrogen-bond acceptors (Lipinski definition) is 3. The maximum Gasteiger partial charge on any atom is 0.335 e. The van der Waals surface area contributed by atoms with Gasteiger partial charge in [-0.3, -0.25) is 0 Å². The molecule has 10 heavy (non-hydrogen) atoms. The molecule has 2 atom stereocenters. The normalized spacial score (nSPS) is 16.3. The summed E-state index contributed by atoms with van der Waals surface area (Å²) >= 11 is 0. The van der Waals surface area contributed by atoms with E-state index in [9.17, 15) is 4.79 Å². The van der Waals surface area contributed by atoms with Gasteiger partial charge in [-0.05, 0) is 6.42 Å². The zero-order chi connectivity index (χ0) is 8.15. The molecule has 0 rings (SSSR count). The Bertz CT molecular complexity index is 108. The van der Waals surface area contributed by atoms with Crippen LogP contribution in [-0.4, -0.2) is 35.5 Å². The van der Waals surface area contributed by atoms with Gasteiger partial charge in [0.05, 0.1) is 6.10 Å². The third-order valence-electron chi connectivity index (χ3n) is 1.31. The van der Waals surface area contributed by atoms with E-state index in [0.717, 1.165) is 0 Å². The average Bonchev–Trinajstić information content (AvgIpc) is 1.90. The molecule has 0 aliphatic carbocycles. The van der Waals surface area contributed by atoms with Crippen LogP contribution in [0.1, 0.15) is 13.3 Å². The molecule has 4 heteroatoms. The van der Waals surface area contributed by atoms with Gasteiger partial charge in [-0.1, -0.05) is 6.92 Å². The van der Waals surface area contributed by atoms with Gasteiger partial charge in [-0.15, -0.1) is 0 Å². The lowest BCUT2D eigenvalue weighted by atomic mass is 10.1. The molecular formula is C6H12O4. The zero-order valence-electron chi connectivity index (χ0n) is 6.07. The highest BCUT2D eigenvalue weighted by Gasteiger charge is 2.23. The highest BCUT2D eigenvalue weighted by atomic mass is 16.5. The molecule has 0 bridgehead atoms. The first-order chi connectivity index (χ1) is 4.63. The number of ether oxygens (including phenoxy) is 1. The maximum absolute atomic E-state index is 10.1. The number of carboxylic acids is 1. The fraction of sp³-hybridized carbons (Fsp3) is 0.833. The Morgan fingerprint density at radius 2 is 2.20 bits per heavy atom. The van der Waals surface area contributed by atoms with E-state index in [0.29, 0.717) is 6.42 Å². The summed E-state index contributed by atoms with van der Waals surface area (Å²) in [4.78, 5) is 10.1. The van der Waals surface area contributed by atoms with Crippen molar-refractivity contribution in [3.8, 4) is 0 Å². The van der Waals surface area contributed by atoms with E-state index >= 15 is 0 Å². The van der Waals surface area contributed by atoms with Crippen molar-refractivity contribution < 1.29 is 19.7 Å². The summed E-state index contributed by atoms with van der Waals surface area (Å²) in [5.74, 6) is -1.24. The summed E-state index contributed by atoms with van der Waals surface area (Å²) in [6, 6.07) is 0. The van der Waals surface area contributed by atoms with Crippen LogP contribution in [-0.2, 0) is 9.53 Å². The minimum absolute atomic E-state index is 0.490. The van der Waals surface area contributed by atoms with Gasteiger partial charge in [0.2, 0.25) is 0 Å². The van der Waals surface area contributed by atoms with Crippen LogP contribution >= 0.6 is 0 Å². The summed E-state index contributed by atoms with van der Waals surface area (Å²) in [6.07, 6.45) is -1.52. The topological polar surface area (TPSA) is 66.8 Å². The van der Waals surface area contributed by atoms with Crippen LogP contribution in [0.15, 0.2) is 0 Å². The molecule has 0 saturated heterocycles. The predicted octanol–water partition coefficient (Wildman–Crippen LogP) is -0.143. The number of aliphatic hydroxyl groups excluding tert-OH is 1. The van der Waals surface area contributed by atoms with Gasteiger partial charge in [0.15, 0.2) is 6.10 Å². The quantitative estimate of drug-likeness (QED) is 0.582. The average molecular weight is 148 g/mol. The van der Waals surface area contributed by atoms with Crippen molar-refractivity contribution in [3.05, 3.63) is 0 Å². The molecule has 0 spiro atoms. The number of aliphatic carboxylic acids is 1. The molecule has 0 aliphatic rings. The first-order valence-electron chi connectivity index (χ1n) is 3.07. The minimum atomic E-state index is -1.41. The molecule has 0 radical (unpaired) electrons. The molecule has 0 fully saturated rings. The highest BCUT2D eigenvalue weighted by Crippen LogP contribution is 2.02. The number of carbonyl (C=O) groups is 1. The molecule has 0 aliphatic heterocycles. The standard InChI is InChI=1S/C6H12O4/c1-3-4(10-2)5(7)6(8)9/h4-5,7H,3H2,1-2H3,(H,8,9)/t4-,5-/m0/s1. The lowest BCUT2D eigenvalue weighted by molar-refractivity contribution is -0.154. The van der Waals surface area contributed by atoms with Crippen LogP contribution in [0.2, 0.25) is 0 Å². The lowest BCUT2D eigenvalue weighted by Gasteiger charge is -2.15. The molecule has 0 unspecified atom stereocenters. The van der Waals surface area contributed by atoms with Crippen LogP contribution in [0.5, 0.6) is 0 Å². The fourth-order valence-electron chi connectivity index (χ4n) is 0.678. The lowest BCUT2D eigenvalue weighted by Crippen LogP contribution is -2.34. The van der Waals surface area contributed by atoms with E-state index in [4.69, 9.17) is 14.9 Å². The summed E-state index contributed by atoms with van der Waals surface area (Å²) in [5.41, 5.74) is 0. The Morgan fingerprint density at radius 3 is 2.30 bits per heavy atom. The summed E-state index contributed by atoms with van der Waals surface area (Å²) in [5, 5.41) is 17.1. The zero-order valence-corrected chi connectivity index (χ0v) is 6.07. The first-order valence-corrected chi connectivity index (χ1v) is 3.07. The van der Waals surface area contributed by atoms with Gasteiger partial charge >= 0.3 is 5.97 Å². The van der Waals surface area contributed by atoms with E-state index in [-0.39, 0.29) is 0 Å². The monoisotopic (exact) mass is 148 g/mol. The largest absolute Gasteiger partial charge is 0.479 e. The van der Waals surface area contributed by atoms with Crippen LogP contribution < -0.4 is 0 Å². The van der Waals surface area contributed by atoms with E-state index < -0.39 is 18.2 Å². The summed E-state index contributed by atoms with van der Waals surface area (Å²) < 4.78 is 4.69. The van der Waals surface area contributed by atoms with Crippen molar-refractivity contribution in [3.63, 3.8) is 0 Å². The molecule has 4 nitrogen and oxygen atoms in total. The fourth-order valence-corrected chi connectivity index (χ4v) is 0.678. The Balaban J connectivity index is 3.88. The Kier molecular flexibility index (Phi) is 3.99. The number of aliphatic hydroxyl groups is 1. The number of carboxylic acid groups (broad SMARTS) is 1. The third-order valence-corrected chi connectivity index (χ3v) is 1.31. The van der Waals surface area contributed by atoms with Crippen LogP contribution in [0.4, 0.5) is 0 Å². The van der Waals surface area contributed by atoms with Crippen molar-refractivity contribution in [1.82, 2.24) is 0 Å². The third kappa shape index (κ3) is 2.33. The van der Waals surface area contributed by atoms with Crippen molar-refractivity contribution in [2.45, 2.75) is 25.6 Å². The number of methoxy groups -OCH3 is 1. The van der Waals surface area contributed by atoms with Crippen molar-refractivity contribution in [1.29, 1.82) is 0 Å². The van der Waals surface area contributed by atoms with Gasteiger partial charge < -0.3 is 14.9 Å². The molecular weight excluding hydrogens is 136 g/mol. The van der Waals surface area contributed by atoms with E-state index in [1.165, 1.54) is 7.11 Å². The Labute approximate surface area is 59.4 Å². The second-order valence-electron chi connectivity index (χ2n) is 1.97. The summed E-state index contributed by atoms with van der Waals surface area (Å²) in [6.45, 7) is 1.75. The maximum atomic E-state index is 10.1. The smallest absolute Gasteiger partial charge is 0.335 e. The summed E-state index contributed by atoms with van der Waals surface area (Å²) in [7, 11) is 1.38. The van der Waals surface area contributed by atoms with Crippen molar-refractivity contribution >= 4 is 5.97 Å². The molecule has 2 N–H and O–H groups in total. The van der Waals surface area contributed by atoms with Crippen LogP contribution in [0.3, 0.4) is 0 Å². The Hall–Kier alpha value is -0.610. The number of hydrogen-bond donors (Lipinski definition) is 2. The second-order valence-corrected chi connectivity index (χ2v) is 1.97. The molecule has 0 amide bonds. The van der Waals surface area contributed by atoms with Gasteiger partial charge in [0.25, 0.3) is 0 Å². The van der Waals surface area contributed by atoms with Crippen molar-refractivity contribution in [2.75, 3.05) is 7.11 Å². The molecule has 60 valence electrons. The van der Waals surface area contributed by atoms with Crippen molar-refractivity contribution in [2.24, 2.45) is 0 Å². The van der Waals surface area contributed by atoms with Crippen LogP contribution in [0.25, 0.3) is 0 Å². The minimum Gasteiger partial charge on any atom is -0.479 e. The van der Waals surface area contributed by atoms with E-state index in [1.54, 1.807) is 6.92 Å². The highest BCUT2D eigenvalue weighted by molar-refractivity contribution is 5.72. The number of rotatable bonds is 4.